The zero-order chi connectivity index (χ0) is 12.4. The second-order valence-electron chi connectivity index (χ2n) is 5.68. The van der Waals surface area contributed by atoms with Crippen LogP contribution in [0.15, 0.2) is 0 Å². The van der Waals surface area contributed by atoms with Crippen molar-refractivity contribution in [2.75, 3.05) is 26.4 Å². The summed E-state index contributed by atoms with van der Waals surface area (Å²) in [6.45, 7) is 0.928. The molecule has 0 aromatic carbocycles. The first-order valence-electron chi connectivity index (χ1n) is 6.70. The molecular formula is C13H24N2OS. The molecular weight excluding hydrogens is 232 g/mol. The topological polar surface area (TPSA) is 23.6 Å². The fourth-order valence-electron chi connectivity index (χ4n) is 3.31. The van der Waals surface area contributed by atoms with Gasteiger partial charge in [0.25, 0.3) is 0 Å². The van der Waals surface area contributed by atoms with Gasteiger partial charge in [-0.1, -0.05) is 12.8 Å². The van der Waals surface area contributed by atoms with Crippen molar-refractivity contribution in [2.45, 2.75) is 44.2 Å². The van der Waals surface area contributed by atoms with E-state index in [2.05, 4.69) is 36.5 Å². The number of nitrogens with zero attached hydrogens (tertiary/aromatic N) is 2. The minimum absolute atomic E-state index is 0.350. The lowest BCUT2D eigenvalue weighted by molar-refractivity contribution is -0.131. The van der Waals surface area contributed by atoms with E-state index in [-0.39, 0.29) is 0 Å². The Balaban J connectivity index is 2.06. The van der Waals surface area contributed by atoms with Crippen molar-refractivity contribution in [3.05, 3.63) is 0 Å². The monoisotopic (exact) mass is 256 g/mol. The highest BCUT2D eigenvalue weighted by atomic mass is 32.1. The van der Waals surface area contributed by atoms with E-state index in [1.807, 2.05) is 0 Å². The minimum atomic E-state index is 0.350. The molecule has 98 valence electrons. The van der Waals surface area contributed by atoms with Gasteiger partial charge in [-0.05, 0) is 38.6 Å². The van der Waals surface area contributed by atoms with Gasteiger partial charge in [-0.25, -0.2) is 0 Å². The summed E-state index contributed by atoms with van der Waals surface area (Å²) in [6, 6.07) is 0.988. The van der Waals surface area contributed by atoms with E-state index in [0.717, 1.165) is 12.3 Å². The molecule has 1 amide bonds. The van der Waals surface area contributed by atoms with Crippen LogP contribution in [0.2, 0.25) is 0 Å². The van der Waals surface area contributed by atoms with Gasteiger partial charge in [0.1, 0.15) is 0 Å². The highest BCUT2D eigenvalue weighted by Crippen LogP contribution is 2.31. The number of likely N-dealkylation sites (N-methyl/N-ethyl adjacent to an activating group) is 1. The van der Waals surface area contributed by atoms with E-state index in [9.17, 15) is 4.79 Å². The van der Waals surface area contributed by atoms with Gasteiger partial charge < -0.3 is 9.80 Å². The third kappa shape index (κ3) is 2.79. The molecule has 0 aromatic heterocycles. The Kier molecular flexibility index (Phi) is 4.36. The van der Waals surface area contributed by atoms with Gasteiger partial charge >= 0.3 is 0 Å². The van der Waals surface area contributed by atoms with E-state index in [0.29, 0.717) is 30.3 Å². The molecule has 4 heteroatoms. The van der Waals surface area contributed by atoms with Crippen molar-refractivity contribution >= 4 is 18.5 Å². The van der Waals surface area contributed by atoms with Crippen LogP contribution in [-0.4, -0.2) is 54.2 Å². The molecule has 3 nitrogen and oxygen atoms in total. The molecule has 1 aliphatic heterocycles. The third-order valence-corrected chi connectivity index (χ3v) is 4.77. The van der Waals surface area contributed by atoms with E-state index in [1.54, 1.807) is 0 Å². The van der Waals surface area contributed by atoms with E-state index < -0.39 is 0 Å². The zero-order valence-corrected chi connectivity index (χ0v) is 11.8. The quantitative estimate of drug-likeness (QED) is 0.776. The van der Waals surface area contributed by atoms with Gasteiger partial charge in [-0.2, -0.15) is 12.6 Å². The molecule has 2 aliphatic rings. The molecule has 3 atom stereocenters. The fourth-order valence-corrected chi connectivity index (χ4v) is 3.55. The molecule has 1 saturated heterocycles. The van der Waals surface area contributed by atoms with E-state index in [4.69, 9.17) is 0 Å². The third-order valence-electron chi connectivity index (χ3n) is 4.25. The number of hydrogen-bond acceptors (Lipinski definition) is 3. The maximum Gasteiger partial charge on any atom is 0.223 e. The van der Waals surface area contributed by atoms with Crippen molar-refractivity contribution < 1.29 is 4.79 Å². The summed E-state index contributed by atoms with van der Waals surface area (Å²) in [5.41, 5.74) is 0. The lowest BCUT2D eigenvalue weighted by atomic mass is 9.88. The maximum atomic E-state index is 12.1. The molecule has 0 bridgehead atoms. The van der Waals surface area contributed by atoms with Crippen LogP contribution in [0, 0.1) is 5.92 Å². The lowest BCUT2D eigenvalue weighted by Crippen LogP contribution is -2.51. The molecule has 0 radical (unpaired) electrons. The normalized spacial score (nSPS) is 34.7. The Bertz CT molecular complexity index is 283. The average Bonchev–Trinajstić information content (AvgIpc) is 2.70. The first kappa shape index (κ1) is 13.2. The smallest absolute Gasteiger partial charge is 0.223 e. The molecule has 1 saturated carbocycles. The van der Waals surface area contributed by atoms with Crippen LogP contribution in [0.25, 0.3) is 0 Å². The molecule has 0 aromatic rings. The predicted molar refractivity (Wildman–Crippen MR) is 73.4 cm³/mol. The summed E-state index contributed by atoms with van der Waals surface area (Å²) in [4.78, 5) is 16.5. The highest BCUT2D eigenvalue weighted by Gasteiger charge is 2.38. The van der Waals surface area contributed by atoms with Crippen LogP contribution in [0.4, 0.5) is 0 Å². The van der Waals surface area contributed by atoms with Gasteiger partial charge in [0, 0.05) is 25.0 Å². The van der Waals surface area contributed by atoms with Crippen LogP contribution >= 0.6 is 12.6 Å². The van der Waals surface area contributed by atoms with E-state index >= 15 is 0 Å². The van der Waals surface area contributed by atoms with Gasteiger partial charge in [-0.15, -0.1) is 0 Å². The van der Waals surface area contributed by atoms with Crippen molar-refractivity contribution in [1.29, 1.82) is 0 Å². The SMILES string of the molecule is CN(C)[C@H]1CCCC[C@@H]1N1CC(CS)CC1=O. The molecule has 2 fully saturated rings. The average molecular weight is 256 g/mol. The van der Waals surface area contributed by atoms with Crippen LogP contribution in [0.3, 0.4) is 0 Å². The second-order valence-corrected chi connectivity index (χ2v) is 6.05. The predicted octanol–water partition coefficient (Wildman–Crippen LogP) is 1.64. The number of carbonyl (C=O) groups excluding carboxylic acids is 1. The Morgan fingerprint density at radius 1 is 1.35 bits per heavy atom. The molecule has 2 rings (SSSR count). The zero-order valence-electron chi connectivity index (χ0n) is 10.9. The molecule has 1 heterocycles. The van der Waals surface area contributed by atoms with Crippen LogP contribution in [-0.2, 0) is 4.79 Å². The Labute approximate surface area is 110 Å². The molecule has 17 heavy (non-hydrogen) atoms. The molecule has 0 N–H and O–H groups in total. The van der Waals surface area contributed by atoms with Crippen LogP contribution < -0.4 is 0 Å². The summed E-state index contributed by atoms with van der Waals surface area (Å²) in [5.74, 6) is 1.65. The Hall–Kier alpha value is -0.220. The number of amides is 1. The standard InChI is InChI=1S/C13H24N2OS/c1-14(2)11-5-3-4-6-12(11)15-8-10(9-17)7-13(15)16/h10-12,17H,3-9H2,1-2H3/t10?,11-,12-/m0/s1. The summed E-state index contributed by atoms with van der Waals surface area (Å²) in [7, 11) is 4.28. The maximum absolute atomic E-state index is 12.1. The summed E-state index contributed by atoms with van der Waals surface area (Å²) >= 11 is 4.33. The van der Waals surface area contributed by atoms with Crippen molar-refractivity contribution in [3.8, 4) is 0 Å². The first-order valence-corrected chi connectivity index (χ1v) is 7.33. The largest absolute Gasteiger partial charge is 0.338 e. The van der Waals surface area contributed by atoms with Crippen LogP contribution in [0.1, 0.15) is 32.1 Å². The number of thiol groups is 1. The van der Waals surface area contributed by atoms with Gasteiger partial charge in [0.2, 0.25) is 5.91 Å². The number of rotatable bonds is 3. The summed E-state index contributed by atoms with van der Waals surface area (Å²) < 4.78 is 0. The number of likely N-dealkylation sites (tertiary alicyclic amines) is 1. The lowest BCUT2D eigenvalue weighted by Gasteiger charge is -2.41. The molecule has 0 spiro atoms. The highest BCUT2D eigenvalue weighted by molar-refractivity contribution is 7.80. The van der Waals surface area contributed by atoms with Gasteiger partial charge in [0.05, 0.1) is 0 Å². The molecule has 1 aliphatic carbocycles. The number of carbonyl (C=O) groups is 1. The second kappa shape index (κ2) is 5.61. The van der Waals surface area contributed by atoms with Crippen molar-refractivity contribution in [1.82, 2.24) is 9.80 Å². The van der Waals surface area contributed by atoms with Crippen molar-refractivity contribution in [3.63, 3.8) is 0 Å². The van der Waals surface area contributed by atoms with Gasteiger partial charge in [-0.3, -0.25) is 4.79 Å². The van der Waals surface area contributed by atoms with Crippen molar-refractivity contribution in [2.24, 2.45) is 5.92 Å². The summed E-state index contributed by atoms with van der Waals surface area (Å²) in [6.07, 6.45) is 5.68. The number of hydrogen-bond donors (Lipinski definition) is 1. The van der Waals surface area contributed by atoms with Gasteiger partial charge in [0.15, 0.2) is 0 Å². The Morgan fingerprint density at radius 3 is 2.65 bits per heavy atom. The van der Waals surface area contributed by atoms with E-state index in [1.165, 1.54) is 25.7 Å². The molecule has 1 unspecified atom stereocenters. The fraction of sp³-hybridized carbons (Fsp3) is 0.923. The first-order chi connectivity index (χ1) is 8.13. The van der Waals surface area contributed by atoms with Crippen LogP contribution in [0.5, 0.6) is 0 Å². The summed E-state index contributed by atoms with van der Waals surface area (Å²) in [5, 5.41) is 0. The Morgan fingerprint density at radius 2 is 2.06 bits per heavy atom. The minimum Gasteiger partial charge on any atom is -0.338 e.